The minimum Gasteiger partial charge on any atom is -0.322 e. The van der Waals surface area contributed by atoms with E-state index in [1.54, 1.807) is 23.0 Å². The van der Waals surface area contributed by atoms with Gasteiger partial charge in [-0.3, -0.25) is 9.78 Å². The Morgan fingerprint density at radius 1 is 1.14 bits per heavy atom. The van der Waals surface area contributed by atoms with Crippen LogP contribution in [0, 0.1) is 5.82 Å². The molecule has 2 heterocycles. The number of carbonyl (C=O) groups is 1. The van der Waals surface area contributed by atoms with Gasteiger partial charge in [-0.15, -0.1) is 0 Å². The highest BCUT2D eigenvalue weighted by Gasteiger charge is 2.11. The number of aromatic nitrogens is 3. The van der Waals surface area contributed by atoms with Crippen molar-refractivity contribution in [3.63, 3.8) is 0 Å². The van der Waals surface area contributed by atoms with Gasteiger partial charge in [0, 0.05) is 24.3 Å². The number of anilines is 1. The van der Waals surface area contributed by atoms with Gasteiger partial charge in [0.15, 0.2) is 5.82 Å². The fraction of sp³-hybridized carbons (Fsp3) is 0. The Kier molecular flexibility index (Phi) is 3.42. The van der Waals surface area contributed by atoms with Crippen LogP contribution in [0.4, 0.5) is 10.1 Å². The number of pyridine rings is 1. The predicted molar refractivity (Wildman–Crippen MR) is 75.7 cm³/mol. The van der Waals surface area contributed by atoms with Gasteiger partial charge in [-0.05, 0) is 36.4 Å². The number of rotatable bonds is 3. The highest BCUT2D eigenvalue weighted by Crippen LogP contribution is 2.14. The van der Waals surface area contributed by atoms with E-state index in [0.717, 1.165) is 11.9 Å². The molecule has 0 aliphatic heterocycles. The van der Waals surface area contributed by atoms with E-state index in [9.17, 15) is 9.18 Å². The molecule has 2 aromatic heterocycles. The third kappa shape index (κ3) is 2.79. The maximum Gasteiger partial charge on any atom is 0.258 e. The van der Waals surface area contributed by atoms with E-state index < -0.39 is 11.7 Å². The maximum atomic E-state index is 13.5. The third-order valence-electron chi connectivity index (χ3n) is 2.91. The number of amides is 1. The molecule has 0 bridgehead atoms. The summed E-state index contributed by atoms with van der Waals surface area (Å²) in [5.41, 5.74) is 1.40. The first-order valence-corrected chi connectivity index (χ1v) is 6.25. The second-order valence-electron chi connectivity index (χ2n) is 4.31. The quantitative estimate of drug-likeness (QED) is 0.803. The number of hydrogen-bond acceptors (Lipinski definition) is 3. The molecule has 0 fully saturated rings. The van der Waals surface area contributed by atoms with Crippen LogP contribution in [0.3, 0.4) is 0 Å². The molecular weight excluding hydrogens is 271 g/mol. The van der Waals surface area contributed by atoms with Crippen LogP contribution in [0.1, 0.15) is 10.4 Å². The summed E-state index contributed by atoms with van der Waals surface area (Å²) in [6, 6.07) is 10.2. The average molecular weight is 282 g/mol. The Bertz CT molecular complexity index is 754. The van der Waals surface area contributed by atoms with E-state index in [1.807, 2.05) is 24.4 Å². The maximum absolute atomic E-state index is 13.5. The molecular formula is C15H11FN4O. The molecule has 0 aliphatic rings. The summed E-state index contributed by atoms with van der Waals surface area (Å²) in [7, 11) is 0. The Balaban J connectivity index is 1.77. The molecule has 0 atom stereocenters. The molecule has 0 aliphatic carbocycles. The Morgan fingerprint density at radius 2 is 1.95 bits per heavy atom. The lowest BCUT2D eigenvalue weighted by Crippen LogP contribution is -2.13. The van der Waals surface area contributed by atoms with Gasteiger partial charge in [0.2, 0.25) is 0 Å². The van der Waals surface area contributed by atoms with E-state index in [-0.39, 0.29) is 5.56 Å². The smallest absolute Gasteiger partial charge is 0.258 e. The molecule has 21 heavy (non-hydrogen) atoms. The monoisotopic (exact) mass is 282 g/mol. The summed E-state index contributed by atoms with van der Waals surface area (Å²) >= 11 is 0. The highest BCUT2D eigenvalue weighted by atomic mass is 19.1. The Labute approximate surface area is 120 Å². The van der Waals surface area contributed by atoms with Crippen LogP contribution in [-0.4, -0.2) is 20.7 Å². The van der Waals surface area contributed by atoms with Crippen LogP contribution in [-0.2, 0) is 0 Å². The van der Waals surface area contributed by atoms with Gasteiger partial charge in [-0.2, -0.15) is 5.10 Å². The standard InChI is InChI=1S/C15H11FN4O/c16-14-10-17-8-6-13(14)15(21)19-11-2-4-12(5-3-11)20-9-1-7-18-20/h1-10H,(H,19,21). The predicted octanol–water partition coefficient (Wildman–Crippen LogP) is 2.66. The average Bonchev–Trinajstić information content (AvgIpc) is 3.02. The molecule has 3 rings (SSSR count). The molecule has 0 saturated carbocycles. The van der Waals surface area contributed by atoms with Gasteiger partial charge >= 0.3 is 0 Å². The molecule has 1 aromatic carbocycles. The summed E-state index contributed by atoms with van der Waals surface area (Å²) in [5.74, 6) is -1.16. The first kappa shape index (κ1) is 13.0. The van der Waals surface area contributed by atoms with Gasteiger partial charge in [0.1, 0.15) is 0 Å². The van der Waals surface area contributed by atoms with E-state index in [0.29, 0.717) is 5.69 Å². The van der Waals surface area contributed by atoms with Crippen LogP contribution >= 0.6 is 0 Å². The minimum atomic E-state index is -0.650. The molecule has 104 valence electrons. The van der Waals surface area contributed by atoms with Crippen LogP contribution in [0.25, 0.3) is 5.69 Å². The summed E-state index contributed by atoms with van der Waals surface area (Å²) in [6.07, 6.45) is 5.89. The third-order valence-corrected chi connectivity index (χ3v) is 2.91. The highest BCUT2D eigenvalue weighted by molar-refractivity contribution is 6.04. The van der Waals surface area contributed by atoms with Crippen molar-refractivity contribution in [1.82, 2.24) is 14.8 Å². The molecule has 1 N–H and O–H groups in total. The normalized spacial score (nSPS) is 10.3. The van der Waals surface area contributed by atoms with Crippen molar-refractivity contribution in [2.75, 3.05) is 5.32 Å². The first-order chi connectivity index (χ1) is 10.2. The van der Waals surface area contributed by atoms with Crippen molar-refractivity contribution in [1.29, 1.82) is 0 Å². The molecule has 3 aromatic rings. The SMILES string of the molecule is O=C(Nc1ccc(-n2cccn2)cc1)c1ccncc1F. The molecule has 6 heteroatoms. The lowest BCUT2D eigenvalue weighted by atomic mass is 10.2. The Morgan fingerprint density at radius 3 is 2.62 bits per heavy atom. The van der Waals surface area contributed by atoms with Crippen molar-refractivity contribution in [2.45, 2.75) is 0 Å². The number of halogens is 1. The van der Waals surface area contributed by atoms with Crippen molar-refractivity contribution in [2.24, 2.45) is 0 Å². The summed E-state index contributed by atoms with van der Waals surface area (Å²) < 4.78 is 15.2. The van der Waals surface area contributed by atoms with Crippen molar-refractivity contribution in [3.05, 3.63) is 72.6 Å². The van der Waals surface area contributed by atoms with Gasteiger partial charge in [-0.25, -0.2) is 9.07 Å². The van der Waals surface area contributed by atoms with E-state index in [2.05, 4.69) is 15.4 Å². The second-order valence-corrected chi connectivity index (χ2v) is 4.31. The number of nitrogens with zero attached hydrogens (tertiary/aromatic N) is 3. The van der Waals surface area contributed by atoms with Crippen LogP contribution in [0.15, 0.2) is 61.2 Å². The number of nitrogens with one attached hydrogen (secondary N) is 1. The minimum absolute atomic E-state index is 0.0406. The number of benzene rings is 1. The van der Waals surface area contributed by atoms with Crippen molar-refractivity contribution < 1.29 is 9.18 Å². The number of carbonyl (C=O) groups excluding carboxylic acids is 1. The van der Waals surface area contributed by atoms with Crippen molar-refractivity contribution in [3.8, 4) is 5.69 Å². The Hall–Kier alpha value is -3.02. The molecule has 0 spiro atoms. The van der Waals surface area contributed by atoms with Crippen LogP contribution in [0.5, 0.6) is 0 Å². The lowest BCUT2D eigenvalue weighted by molar-refractivity contribution is 0.102. The van der Waals surface area contributed by atoms with E-state index in [4.69, 9.17) is 0 Å². The topological polar surface area (TPSA) is 59.8 Å². The van der Waals surface area contributed by atoms with E-state index in [1.165, 1.54) is 12.3 Å². The zero-order valence-corrected chi connectivity index (χ0v) is 10.9. The van der Waals surface area contributed by atoms with E-state index >= 15 is 0 Å². The lowest BCUT2D eigenvalue weighted by Gasteiger charge is -2.07. The fourth-order valence-electron chi connectivity index (χ4n) is 1.88. The molecule has 0 unspecified atom stereocenters. The zero-order chi connectivity index (χ0) is 14.7. The van der Waals surface area contributed by atoms with Gasteiger partial charge in [-0.1, -0.05) is 0 Å². The summed E-state index contributed by atoms with van der Waals surface area (Å²) in [6.45, 7) is 0. The molecule has 0 radical (unpaired) electrons. The zero-order valence-electron chi connectivity index (χ0n) is 10.9. The largest absolute Gasteiger partial charge is 0.322 e. The molecule has 0 saturated heterocycles. The second kappa shape index (κ2) is 5.54. The van der Waals surface area contributed by atoms with Gasteiger partial charge in [0.05, 0.1) is 17.4 Å². The summed E-state index contributed by atoms with van der Waals surface area (Å²) in [4.78, 5) is 15.6. The van der Waals surface area contributed by atoms with Gasteiger partial charge < -0.3 is 5.32 Å². The van der Waals surface area contributed by atoms with Crippen molar-refractivity contribution >= 4 is 11.6 Å². The van der Waals surface area contributed by atoms with Crippen LogP contribution < -0.4 is 5.32 Å². The fourth-order valence-corrected chi connectivity index (χ4v) is 1.88. The molecule has 1 amide bonds. The first-order valence-electron chi connectivity index (χ1n) is 6.25. The van der Waals surface area contributed by atoms with Crippen LogP contribution in [0.2, 0.25) is 0 Å². The summed E-state index contributed by atoms with van der Waals surface area (Å²) in [5, 5.41) is 6.74. The number of hydrogen-bond donors (Lipinski definition) is 1. The molecule has 5 nitrogen and oxygen atoms in total. The van der Waals surface area contributed by atoms with Gasteiger partial charge in [0.25, 0.3) is 5.91 Å².